The molecule has 0 aliphatic heterocycles. The first kappa shape index (κ1) is 69.3. The zero-order valence-corrected chi connectivity index (χ0v) is 48.0. The molecule has 0 saturated heterocycles. The van der Waals surface area contributed by atoms with E-state index in [-0.39, 0.29) is 18.5 Å². The Morgan fingerprint density at radius 1 is 0.380 bits per heavy atom. The molecular formula is C65H125NO5. The zero-order chi connectivity index (χ0) is 51.4. The Bertz CT molecular complexity index is 1110. The fourth-order valence-corrected chi connectivity index (χ4v) is 10.0. The number of unbranched alkanes of at least 4 members (excludes halogenated alkanes) is 47. The molecule has 0 radical (unpaired) electrons. The minimum absolute atomic E-state index is 0.00669. The summed E-state index contributed by atoms with van der Waals surface area (Å²) in [4.78, 5) is 24.6. The number of carbonyl (C=O) groups excluding carboxylic acids is 2. The lowest BCUT2D eigenvalue weighted by Crippen LogP contribution is -2.45. The van der Waals surface area contributed by atoms with E-state index in [4.69, 9.17) is 4.74 Å². The van der Waals surface area contributed by atoms with Crippen LogP contribution in [0.4, 0.5) is 0 Å². The molecule has 0 aromatic carbocycles. The predicted octanol–water partition coefficient (Wildman–Crippen LogP) is 20.2. The van der Waals surface area contributed by atoms with Crippen LogP contribution >= 0.6 is 0 Å². The van der Waals surface area contributed by atoms with Crippen LogP contribution in [0.25, 0.3) is 0 Å². The first-order valence-corrected chi connectivity index (χ1v) is 32.1. The van der Waals surface area contributed by atoms with Gasteiger partial charge in [-0.25, -0.2) is 0 Å². The van der Waals surface area contributed by atoms with Gasteiger partial charge in [-0.2, -0.15) is 0 Å². The molecule has 0 fully saturated rings. The van der Waals surface area contributed by atoms with Crippen LogP contribution in [0.3, 0.4) is 0 Å². The number of esters is 1. The van der Waals surface area contributed by atoms with Crippen molar-refractivity contribution in [3.8, 4) is 0 Å². The molecule has 0 aliphatic rings. The molecule has 2 atom stereocenters. The Kier molecular flexibility index (Phi) is 59.5. The van der Waals surface area contributed by atoms with Gasteiger partial charge in [0, 0.05) is 12.8 Å². The summed E-state index contributed by atoms with van der Waals surface area (Å²) in [5.41, 5.74) is 0. The molecule has 0 heterocycles. The first-order chi connectivity index (χ1) is 35.0. The maximum absolute atomic E-state index is 12.5. The van der Waals surface area contributed by atoms with E-state index in [9.17, 15) is 19.8 Å². The van der Waals surface area contributed by atoms with Gasteiger partial charge in [0.25, 0.3) is 0 Å². The molecule has 0 aromatic rings. The average molecular weight is 1000 g/mol. The Morgan fingerprint density at radius 2 is 0.662 bits per heavy atom. The maximum atomic E-state index is 12.5. The summed E-state index contributed by atoms with van der Waals surface area (Å²) in [7, 11) is 0. The van der Waals surface area contributed by atoms with Crippen LogP contribution in [-0.4, -0.2) is 47.4 Å². The fraction of sp³-hybridized carbons (Fsp3) is 0.908. The summed E-state index contributed by atoms with van der Waals surface area (Å²) in [5.74, 6) is -0.0627. The third kappa shape index (κ3) is 57.5. The number of hydrogen-bond donors (Lipinski definition) is 3. The SMILES string of the molecule is CCCCCCCC/C=C\CCCCCCCCCCCC(=O)OCCCCCCCCCCCCCCCCCCCCC(=O)NC(CO)C(O)/C=C/CCCCCCCCCCCCCCCCC. The molecule has 0 rings (SSSR count). The van der Waals surface area contributed by atoms with E-state index in [1.807, 2.05) is 6.08 Å². The lowest BCUT2D eigenvalue weighted by Gasteiger charge is -2.20. The van der Waals surface area contributed by atoms with Crippen LogP contribution in [0.1, 0.15) is 354 Å². The smallest absolute Gasteiger partial charge is 0.305 e. The molecule has 0 spiro atoms. The second-order valence-corrected chi connectivity index (χ2v) is 22.1. The van der Waals surface area contributed by atoms with Crippen molar-refractivity contribution in [1.29, 1.82) is 0 Å². The Morgan fingerprint density at radius 3 is 1.00 bits per heavy atom. The minimum Gasteiger partial charge on any atom is -0.466 e. The van der Waals surface area contributed by atoms with Gasteiger partial charge in [-0.1, -0.05) is 308 Å². The van der Waals surface area contributed by atoms with Crippen LogP contribution in [0, 0.1) is 0 Å². The average Bonchev–Trinajstić information content (AvgIpc) is 3.37. The van der Waals surface area contributed by atoms with Gasteiger partial charge in [0.15, 0.2) is 0 Å². The van der Waals surface area contributed by atoms with Gasteiger partial charge in [0.1, 0.15) is 0 Å². The van der Waals surface area contributed by atoms with Crippen molar-refractivity contribution in [2.45, 2.75) is 366 Å². The van der Waals surface area contributed by atoms with E-state index < -0.39 is 12.1 Å². The van der Waals surface area contributed by atoms with E-state index in [0.29, 0.717) is 19.4 Å². The monoisotopic (exact) mass is 1000 g/mol. The number of ether oxygens (including phenoxy) is 1. The van der Waals surface area contributed by atoms with E-state index in [1.54, 1.807) is 6.08 Å². The molecule has 2 unspecified atom stereocenters. The number of hydrogen-bond acceptors (Lipinski definition) is 5. The van der Waals surface area contributed by atoms with Gasteiger partial charge < -0.3 is 20.3 Å². The molecular weight excluding hydrogens is 875 g/mol. The lowest BCUT2D eigenvalue weighted by atomic mass is 10.0. The highest BCUT2D eigenvalue weighted by atomic mass is 16.5. The Balaban J connectivity index is 3.41. The van der Waals surface area contributed by atoms with Crippen molar-refractivity contribution >= 4 is 11.9 Å². The van der Waals surface area contributed by atoms with Crippen LogP contribution in [0.5, 0.6) is 0 Å². The molecule has 6 nitrogen and oxygen atoms in total. The number of amides is 1. The second-order valence-electron chi connectivity index (χ2n) is 22.1. The summed E-state index contributed by atoms with van der Waals surface area (Å²) >= 11 is 0. The molecule has 3 N–H and O–H groups in total. The normalized spacial score (nSPS) is 12.7. The summed E-state index contributed by atoms with van der Waals surface area (Å²) < 4.78 is 5.50. The number of rotatable bonds is 60. The van der Waals surface area contributed by atoms with Crippen molar-refractivity contribution in [1.82, 2.24) is 5.32 Å². The number of carbonyl (C=O) groups is 2. The Hall–Kier alpha value is -1.66. The maximum Gasteiger partial charge on any atom is 0.305 e. The third-order valence-corrected chi connectivity index (χ3v) is 15.0. The minimum atomic E-state index is -0.847. The van der Waals surface area contributed by atoms with Gasteiger partial charge >= 0.3 is 5.97 Å². The summed E-state index contributed by atoms with van der Waals surface area (Å²) in [6.45, 7) is 4.92. The summed E-state index contributed by atoms with van der Waals surface area (Å²) in [6.07, 6.45) is 75.0. The van der Waals surface area contributed by atoms with Gasteiger partial charge in [-0.05, 0) is 57.8 Å². The van der Waals surface area contributed by atoms with Crippen LogP contribution in [-0.2, 0) is 14.3 Å². The van der Waals surface area contributed by atoms with E-state index in [2.05, 4.69) is 31.3 Å². The largest absolute Gasteiger partial charge is 0.466 e. The number of nitrogens with one attached hydrogen (secondary N) is 1. The quantitative estimate of drug-likeness (QED) is 0.0320. The topological polar surface area (TPSA) is 95.9 Å². The highest BCUT2D eigenvalue weighted by molar-refractivity contribution is 5.76. The molecule has 420 valence electrons. The lowest BCUT2D eigenvalue weighted by molar-refractivity contribution is -0.143. The van der Waals surface area contributed by atoms with Crippen LogP contribution < -0.4 is 5.32 Å². The summed E-state index contributed by atoms with van der Waals surface area (Å²) in [6, 6.07) is -0.631. The predicted molar refractivity (Wildman–Crippen MR) is 310 cm³/mol. The van der Waals surface area contributed by atoms with Crippen LogP contribution in [0.15, 0.2) is 24.3 Å². The molecule has 0 aliphatic carbocycles. The Labute approximate surface area is 443 Å². The molecule has 1 amide bonds. The molecule has 0 saturated carbocycles. The fourth-order valence-electron chi connectivity index (χ4n) is 10.0. The number of aliphatic hydroxyl groups excluding tert-OH is 2. The second kappa shape index (κ2) is 60.9. The van der Waals surface area contributed by atoms with Crippen molar-refractivity contribution in [2.24, 2.45) is 0 Å². The van der Waals surface area contributed by atoms with Crippen molar-refractivity contribution in [3.63, 3.8) is 0 Å². The molecule has 71 heavy (non-hydrogen) atoms. The van der Waals surface area contributed by atoms with Gasteiger partial charge in [-0.15, -0.1) is 0 Å². The number of allylic oxidation sites excluding steroid dienone is 3. The van der Waals surface area contributed by atoms with Gasteiger partial charge in [-0.3, -0.25) is 9.59 Å². The molecule has 6 heteroatoms. The van der Waals surface area contributed by atoms with Gasteiger partial charge in [0.05, 0.1) is 25.4 Å². The summed E-state index contributed by atoms with van der Waals surface area (Å²) in [5, 5.41) is 23.2. The highest BCUT2D eigenvalue weighted by Crippen LogP contribution is 2.18. The van der Waals surface area contributed by atoms with E-state index in [1.165, 1.54) is 283 Å². The molecule has 0 aromatic heterocycles. The molecule has 0 bridgehead atoms. The van der Waals surface area contributed by atoms with E-state index >= 15 is 0 Å². The van der Waals surface area contributed by atoms with Crippen molar-refractivity contribution < 1.29 is 24.5 Å². The first-order valence-electron chi connectivity index (χ1n) is 32.1. The third-order valence-electron chi connectivity index (χ3n) is 15.0. The van der Waals surface area contributed by atoms with Crippen LogP contribution in [0.2, 0.25) is 0 Å². The van der Waals surface area contributed by atoms with Crippen molar-refractivity contribution in [2.75, 3.05) is 13.2 Å². The zero-order valence-electron chi connectivity index (χ0n) is 48.0. The standard InChI is InChI=1S/C65H125NO5/c1-3-5-7-9-11-13-15-17-19-21-22-27-31-35-39-43-47-51-55-59-65(70)71-60-56-52-48-44-40-36-32-28-24-23-26-30-34-38-42-46-50-54-58-64(69)66-62(61-67)63(68)57-53-49-45-41-37-33-29-25-20-18-16-14-12-10-8-6-4-2/h17,19,53,57,62-63,67-68H,3-16,18,20-52,54-56,58-61H2,1-2H3,(H,66,69)/b19-17-,57-53+. The van der Waals surface area contributed by atoms with Gasteiger partial charge in [0.2, 0.25) is 5.91 Å². The number of aliphatic hydroxyl groups is 2. The van der Waals surface area contributed by atoms with E-state index in [0.717, 1.165) is 44.9 Å². The highest BCUT2D eigenvalue weighted by Gasteiger charge is 2.18. The van der Waals surface area contributed by atoms with Crippen molar-refractivity contribution in [3.05, 3.63) is 24.3 Å².